The first-order valence-corrected chi connectivity index (χ1v) is 10.3. The third-order valence-corrected chi connectivity index (χ3v) is 5.69. The molecule has 0 N–H and O–H groups in total. The van der Waals surface area contributed by atoms with Gasteiger partial charge in [0.2, 0.25) is 0 Å². The van der Waals surface area contributed by atoms with Crippen molar-refractivity contribution < 1.29 is 13.5 Å². The predicted octanol–water partition coefficient (Wildman–Crippen LogP) is 5.82. The lowest BCUT2D eigenvalue weighted by molar-refractivity contribution is 0.416. The van der Waals surface area contributed by atoms with Gasteiger partial charge in [-0.05, 0) is 48.4 Å². The van der Waals surface area contributed by atoms with E-state index in [2.05, 4.69) is 10.2 Å². The van der Waals surface area contributed by atoms with Crippen LogP contribution in [0.2, 0.25) is 0 Å². The lowest BCUT2D eigenvalue weighted by Crippen LogP contribution is -2.03. The van der Waals surface area contributed by atoms with Crippen LogP contribution in [0, 0.1) is 18.6 Å². The van der Waals surface area contributed by atoms with Gasteiger partial charge in [0, 0.05) is 5.75 Å². The summed E-state index contributed by atoms with van der Waals surface area (Å²) in [5.74, 6) is 0.0487. The minimum atomic E-state index is -0.858. The first kappa shape index (κ1) is 20.1. The summed E-state index contributed by atoms with van der Waals surface area (Å²) < 4.78 is 34.3. The molecule has 30 heavy (non-hydrogen) atoms. The lowest BCUT2D eigenvalue weighted by Gasteiger charge is -2.14. The highest BCUT2D eigenvalue weighted by molar-refractivity contribution is 7.98. The van der Waals surface area contributed by atoms with Gasteiger partial charge < -0.3 is 4.74 Å². The maximum Gasteiger partial charge on any atom is 0.196 e. The molecule has 0 aliphatic carbocycles. The number of rotatable bonds is 6. The Bertz CT molecular complexity index is 1190. The van der Waals surface area contributed by atoms with Crippen LogP contribution in [0.4, 0.5) is 8.78 Å². The Morgan fingerprint density at radius 1 is 0.933 bits per heavy atom. The topological polar surface area (TPSA) is 39.9 Å². The van der Waals surface area contributed by atoms with Crippen molar-refractivity contribution in [3.63, 3.8) is 0 Å². The molecule has 1 aromatic heterocycles. The number of aryl methyl sites for hydroxylation is 1. The Balaban J connectivity index is 1.78. The van der Waals surface area contributed by atoms with Gasteiger partial charge in [-0.3, -0.25) is 4.57 Å². The van der Waals surface area contributed by atoms with Crippen molar-refractivity contribution in [3.05, 3.63) is 89.5 Å². The zero-order chi connectivity index (χ0) is 21.1. The van der Waals surface area contributed by atoms with E-state index in [4.69, 9.17) is 4.74 Å². The van der Waals surface area contributed by atoms with Crippen LogP contribution in [0.15, 0.2) is 71.9 Å². The number of para-hydroxylation sites is 2. The van der Waals surface area contributed by atoms with Gasteiger partial charge in [-0.1, -0.05) is 48.2 Å². The van der Waals surface area contributed by atoms with Crippen LogP contribution in [0.3, 0.4) is 0 Å². The van der Waals surface area contributed by atoms with E-state index in [0.717, 1.165) is 22.9 Å². The van der Waals surface area contributed by atoms with Gasteiger partial charge in [-0.15, -0.1) is 10.2 Å². The molecule has 0 radical (unpaired) electrons. The van der Waals surface area contributed by atoms with E-state index in [1.165, 1.54) is 17.8 Å². The first-order valence-electron chi connectivity index (χ1n) is 9.30. The molecule has 152 valence electrons. The van der Waals surface area contributed by atoms with E-state index >= 15 is 0 Å². The standard InChI is InChI=1S/C23H19F2N3OS/c1-15-7-3-5-9-20(15)28-22(17-8-4-6-10-21(17)29-2)26-27-23(28)30-14-16-11-12-18(24)19(25)13-16/h3-13H,14H2,1-2H3. The summed E-state index contributed by atoms with van der Waals surface area (Å²) in [5.41, 5.74) is 3.48. The number of methoxy groups -OCH3 is 1. The van der Waals surface area contributed by atoms with E-state index < -0.39 is 11.6 Å². The molecular formula is C23H19F2N3OS. The Hall–Kier alpha value is -3.19. The average molecular weight is 423 g/mol. The molecule has 4 rings (SSSR count). The van der Waals surface area contributed by atoms with E-state index in [-0.39, 0.29) is 0 Å². The summed E-state index contributed by atoms with van der Waals surface area (Å²) in [6, 6.07) is 19.5. The molecule has 3 aromatic carbocycles. The van der Waals surface area contributed by atoms with Gasteiger partial charge in [0.1, 0.15) is 5.75 Å². The number of hydrogen-bond acceptors (Lipinski definition) is 4. The van der Waals surface area contributed by atoms with Crippen LogP contribution >= 0.6 is 11.8 Å². The number of thioether (sulfide) groups is 1. The molecule has 0 aliphatic heterocycles. The number of aromatic nitrogens is 3. The van der Waals surface area contributed by atoms with Crippen molar-refractivity contribution >= 4 is 11.8 Å². The van der Waals surface area contributed by atoms with E-state index in [1.807, 2.05) is 60.0 Å². The van der Waals surface area contributed by atoms with E-state index in [0.29, 0.717) is 28.0 Å². The van der Waals surface area contributed by atoms with Crippen molar-refractivity contribution in [1.82, 2.24) is 14.8 Å². The highest BCUT2D eigenvalue weighted by Gasteiger charge is 2.20. The molecular weight excluding hydrogens is 404 g/mol. The minimum Gasteiger partial charge on any atom is -0.496 e. The highest BCUT2D eigenvalue weighted by atomic mass is 32.2. The molecule has 0 unspecified atom stereocenters. The highest BCUT2D eigenvalue weighted by Crippen LogP contribution is 2.34. The summed E-state index contributed by atoms with van der Waals surface area (Å²) >= 11 is 1.41. The second kappa shape index (κ2) is 8.67. The fourth-order valence-electron chi connectivity index (χ4n) is 3.18. The van der Waals surface area contributed by atoms with Crippen LogP contribution in [0.1, 0.15) is 11.1 Å². The first-order chi connectivity index (χ1) is 14.6. The SMILES string of the molecule is COc1ccccc1-c1nnc(SCc2ccc(F)c(F)c2)n1-c1ccccc1C. The number of benzene rings is 3. The summed E-state index contributed by atoms with van der Waals surface area (Å²) in [6.07, 6.45) is 0. The molecule has 0 bridgehead atoms. The molecule has 1 heterocycles. The monoisotopic (exact) mass is 423 g/mol. The van der Waals surface area contributed by atoms with E-state index in [1.54, 1.807) is 13.2 Å². The van der Waals surface area contributed by atoms with Crippen LogP contribution in [0.25, 0.3) is 17.1 Å². The molecule has 0 fully saturated rings. The maximum absolute atomic E-state index is 13.6. The number of halogens is 2. The molecule has 0 saturated carbocycles. The van der Waals surface area contributed by atoms with Gasteiger partial charge in [0.15, 0.2) is 22.6 Å². The quantitative estimate of drug-likeness (QED) is 0.366. The normalized spacial score (nSPS) is 10.9. The largest absolute Gasteiger partial charge is 0.496 e. The molecule has 0 spiro atoms. The molecule has 0 saturated heterocycles. The molecule has 0 aliphatic rings. The third-order valence-electron chi connectivity index (χ3n) is 4.69. The van der Waals surface area contributed by atoms with Crippen molar-refractivity contribution in [1.29, 1.82) is 0 Å². The Morgan fingerprint density at radius 3 is 2.47 bits per heavy atom. The van der Waals surface area contributed by atoms with E-state index in [9.17, 15) is 8.78 Å². The van der Waals surface area contributed by atoms with Crippen LogP contribution in [-0.4, -0.2) is 21.9 Å². The number of hydrogen-bond donors (Lipinski definition) is 0. The fraction of sp³-hybridized carbons (Fsp3) is 0.130. The zero-order valence-electron chi connectivity index (χ0n) is 16.5. The van der Waals surface area contributed by atoms with Crippen LogP contribution < -0.4 is 4.74 Å². The van der Waals surface area contributed by atoms with Crippen molar-refractivity contribution in [3.8, 4) is 22.8 Å². The molecule has 0 amide bonds. The molecule has 4 nitrogen and oxygen atoms in total. The number of nitrogens with zero attached hydrogens (tertiary/aromatic N) is 3. The fourth-order valence-corrected chi connectivity index (χ4v) is 4.06. The summed E-state index contributed by atoms with van der Waals surface area (Å²) in [5, 5.41) is 9.48. The van der Waals surface area contributed by atoms with Crippen molar-refractivity contribution in [2.75, 3.05) is 7.11 Å². The van der Waals surface area contributed by atoms with Crippen molar-refractivity contribution in [2.45, 2.75) is 17.8 Å². The molecule has 0 atom stereocenters. The maximum atomic E-state index is 13.6. The zero-order valence-corrected chi connectivity index (χ0v) is 17.3. The predicted molar refractivity (Wildman–Crippen MR) is 114 cm³/mol. The average Bonchev–Trinajstić information content (AvgIpc) is 3.18. The Morgan fingerprint density at radius 2 is 1.70 bits per heavy atom. The lowest BCUT2D eigenvalue weighted by atomic mass is 10.1. The van der Waals surface area contributed by atoms with Gasteiger partial charge in [-0.2, -0.15) is 0 Å². The van der Waals surface area contributed by atoms with Gasteiger partial charge in [-0.25, -0.2) is 8.78 Å². The summed E-state index contributed by atoms with van der Waals surface area (Å²) in [6.45, 7) is 2.02. The second-order valence-electron chi connectivity index (χ2n) is 6.67. The number of ether oxygens (including phenoxy) is 1. The Kier molecular flexibility index (Phi) is 5.81. The van der Waals surface area contributed by atoms with Crippen LogP contribution in [0.5, 0.6) is 5.75 Å². The summed E-state index contributed by atoms with van der Waals surface area (Å²) in [7, 11) is 1.62. The van der Waals surface area contributed by atoms with Gasteiger partial charge >= 0.3 is 0 Å². The second-order valence-corrected chi connectivity index (χ2v) is 7.61. The summed E-state index contributed by atoms with van der Waals surface area (Å²) in [4.78, 5) is 0. The third kappa shape index (κ3) is 3.93. The molecule has 7 heteroatoms. The van der Waals surface area contributed by atoms with Crippen LogP contribution in [-0.2, 0) is 5.75 Å². The smallest absolute Gasteiger partial charge is 0.196 e. The Labute approximate surface area is 177 Å². The van der Waals surface area contributed by atoms with Crippen molar-refractivity contribution in [2.24, 2.45) is 0 Å². The minimum absolute atomic E-state index is 0.424. The molecule has 4 aromatic rings. The van der Waals surface area contributed by atoms with Gasteiger partial charge in [0.25, 0.3) is 0 Å². The van der Waals surface area contributed by atoms with Gasteiger partial charge in [0.05, 0.1) is 18.4 Å².